The molecule has 0 heterocycles. The lowest BCUT2D eigenvalue weighted by Gasteiger charge is -2.18. The van der Waals surface area contributed by atoms with Crippen molar-refractivity contribution in [2.24, 2.45) is 5.73 Å². The molecule has 1 amide bonds. The average Bonchev–Trinajstić information content (AvgIpc) is 2.26. The number of hydrogen-bond acceptors (Lipinski definition) is 4. The van der Waals surface area contributed by atoms with Gasteiger partial charge in [-0.15, -0.1) is 0 Å². The minimum absolute atomic E-state index is 0.0959. The van der Waals surface area contributed by atoms with Crippen LogP contribution in [0.4, 0.5) is 4.39 Å². The number of carbonyl (C=O) groups excluding carboxylic acids is 1. The maximum Gasteiger partial charge on any atom is 0.249 e. The Morgan fingerprint density at radius 3 is 2.56 bits per heavy atom. The van der Waals surface area contributed by atoms with E-state index in [-0.39, 0.29) is 11.1 Å². The molecule has 6 heteroatoms. The predicted molar refractivity (Wildman–Crippen MR) is 53.0 cm³/mol. The Balaban J connectivity index is 3.19. The van der Waals surface area contributed by atoms with E-state index in [1.165, 1.54) is 0 Å². The van der Waals surface area contributed by atoms with Crippen molar-refractivity contribution >= 4 is 5.91 Å². The van der Waals surface area contributed by atoms with Crippen LogP contribution in [0.25, 0.3) is 0 Å². The van der Waals surface area contributed by atoms with Gasteiger partial charge in [0.15, 0.2) is 0 Å². The van der Waals surface area contributed by atoms with Crippen LogP contribution in [0.15, 0.2) is 18.2 Å². The summed E-state index contributed by atoms with van der Waals surface area (Å²) in [4.78, 5) is 11.0. The van der Waals surface area contributed by atoms with Crippen molar-refractivity contribution in [2.45, 2.75) is 12.2 Å². The Kier molecular flexibility index (Phi) is 3.94. The fraction of sp³-hybridized carbons (Fsp3) is 0.300. The van der Waals surface area contributed by atoms with Crippen molar-refractivity contribution in [2.75, 3.05) is 6.61 Å². The number of hydrogen-bond donors (Lipinski definition) is 4. The average molecular weight is 229 g/mol. The van der Waals surface area contributed by atoms with E-state index in [1.807, 2.05) is 0 Å². The molecule has 0 aliphatic heterocycles. The number of rotatable bonds is 4. The molecule has 0 spiro atoms. The van der Waals surface area contributed by atoms with Crippen molar-refractivity contribution in [1.82, 2.24) is 0 Å². The Labute approximate surface area is 90.9 Å². The topological polar surface area (TPSA) is 104 Å². The van der Waals surface area contributed by atoms with Gasteiger partial charge in [0.25, 0.3) is 0 Å². The maximum absolute atomic E-state index is 12.9. The molecule has 1 aromatic carbocycles. The molecular weight excluding hydrogens is 217 g/mol. The zero-order valence-electron chi connectivity index (χ0n) is 8.30. The zero-order chi connectivity index (χ0) is 12.3. The Morgan fingerprint density at radius 1 is 1.44 bits per heavy atom. The smallest absolute Gasteiger partial charge is 0.249 e. The van der Waals surface area contributed by atoms with E-state index in [0.29, 0.717) is 0 Å². The molecule has 0 fully saturated rings. The Morgan fingerprint density at radius 2 is 2.06 bits per heavy atom. The first-order chi connectivity index (χ1) is 7.47. The first kappa shape index (κ1) is 12.6. The molecule has 2 atom stereocenters. The summed E-state index contributed by atoms with van der Waals surface area (Å²) >= 11 is 0. The second-order valence-electron chi connectivity index (χ2n) is 3.29. The summed E-state index contributed by atoms with van der Waals surface area (Å²) in [5, 5.41) is 27.4. The highest BCUT2D eigenvalue weighted by molar-refractivity contribution is 5.94. The van der Waals surface area contributed by atoms with E-state index in [0.717, 1.165) is 18.2 Å². The number of aliphatic hydroxyl groups excluding tert-OH is 3. The molecule has 0 aliphatic carbocycles. The number of benzene rings is 1. The van der Waals surface area contributed by atoms with Crippen molar-refractivity contribution in [1.29, 1.82) is 0 Å². The van der Waals surface area contributed by atoms with Gasteiger partial charge in [0.1, 0.15) is 18.0 Å². The molecule has 0 saturated heterocycles. The molecule has 16 heavy (non-hydrogen) atoms. The standard InChI is InChI=1S/C10H12FNO4/c11-5-1-2-6(10(12)16)7(3-5)9(15)8(14)4-13/h1-3,8-9,13-15H,4H2,(H2,12,16). The summed E-state index contributed by atoms with van der Waals surface area (Å²) in [7, 11) is 0. The molecule has 0 bridgehead atoms. The number of primary amides is 1. The predicted octanol–water partition coefficient (Wildman–Crippen LogP) is -0.689. The van der Waals surface area contributed by atoms with Crippen LogP contribution < -0.4 is 5.73 Å². The van der Waals surface area contributed by atoms with Gasteiger partial charge >= 0.3 is 0 Å². The second kappa shape index (κ2) is 5.02. The number of nitrogens with two attached hydrogens (primary N) is 1. The summed E-state index contributed by atoms with van der Waals surface area (Å²) in [5.41, 5.74) is 4.79. The van der Waals surface area contributed by atoms with E-state index in [9.17, 15) is 19.4 Å². The van der Waals surface area contributed by atoms with Crippen LogP contribution in [0.2, 0.25) is 0 Å². The summed E-state index contributed by atoms with van der Waals surface area (Å²) in [6, 6.07) is 3.02. The van der Waals surface area contributed by atoms with E-state index in [4.69, 9.17) is 10.8 Å². The first-order valence-electron chi connectivity index (χ1n) is 4.53. The Bertz CT molecular complexity index is 396. The molecule has 5 N–H and O–H groups in total. The highest BCUT2D eigenvalue weighted by atomic mass is 19.1. The van der Waals surface area contributed by atoms with Crippen LogP contribution in [-0.2, 0) is 0 Å². The molecule has 88 valence electrons. The third-order valence-electron chi connectivity index (χ3n) is 2.15. The molecular formula is C10H12FNO4. The minimum atomic E-state index is -1.57. The largest absolute Gasteiger partial charge is 0.394 e. The van der Waals surface area contributed by atoms with Gasteiger partial charge in [-0.1, -0.05) is 0 Å². The molecule has 1 aromatic rings. The molecule has 0 aromatic heterocycles. The van der Waals surface area contributed by atoms with Crippen LogP contribution in [0, 0.1) is 5.82 Å². The van der Waals surface area contributed by atoms with Crippen LogP contribution in [0.1, 0.15) is 22.0 Å². The monoisotopic (exact) mass is 229 g/mol. The third-order valence-corrected chi connectivity index (χ3v) is 2.15. The van der Waals surface area contributed by atoms with E-state index in [2.05, 4.69) is 0 Å². The molecule has 2 unspecified atom stereocenters. The summed E-state index contributed by atoms with van der Waals surface area (Å²) < 4.78 is 12.9. The number of carbonyl (C=O) groups is 1. The van der Waals surface area contributed by atoms with Gasteiger partial charge in [0.2, 0.25) is 5.91 Å². The van der Waals surface area contributed by atoms with Crippen LogP contribution in [0.3, 0.4) is 0 Å². The SMILES string of the molecule is NC(=O)c1ccc(F)cc1C(O)C(O)CO. The molecule has 0 radical (unpaired) electrons. The van der Waals surface area contributed by atoms with Crippen LogP contribution in [-0.4, -0.2) is 33.9 Å². The summed E-state index contributed by atoms with van der Waals surface area (Å²) in [6.07, 6.45) is -3.07. The van der Waals surface area contributed by atoms with Gasteiger partial charge < -0.3 is 21.1 Å². The lowest BCUT2D eigenvalue weighted by molar-refractivity contribution is -0.0156. The number of halogens is 1. The van der Waals surface area contributed by atoms with Crippen molar-refractivity contribution in [3.63, 3.8) is 0 Å². The summed E-state index contributed by atoms with van der Waals surface area (Å²) in [6.45, 7) is -0.712. The lowest BCUT2D eigenvalue weighted by atomic mass is 9.98. The lowest BCUT2D eigenvalue weighted by Crippen LogP contribution is -2.25. The molecule has 1 rings (SSSR count). The number of aliphatic hydroxyl groups is 3. The highest BCUT2D eigenvalue weighted by Gasteiger charge is 2.22. The van der Waals surface area contributed by atoms with Gasteiger partial charge in [0.05, 0.1) is 6.61 Å². The van der Waals surface area contributed by atoms with E-state index < -0.39 is 30.5 Å². The maximum atomic E-state index is 12.9. The quantitative estimate of drug-likeness (QED) is 0.548. The fourth-order valence-corrected chi connectivity index (χ4v) is 1.31. The molecule has 0 aliphatic rings. The first-order valence-corrected chi connectivity index (χ1v) is 4.53. The van der Waals surface area contributed by atoms with Gasteiger partial charge in [0, 0.05) is 5.56 Å². The van der Waals surface area contributed by atoms with Gasteiger partial charge in [-0.25, -0.2) is 4.39 Å². The number of amides is 1. The highest BCUT2D eigenvalue weighted by Crippen LogP contribution is 2.22. The normalized spacial score (nSPS) is 14.5. The van der Waals surface area contributed by atoms with E-state index >= 15 is 0 Å². The van der Waals surface area contributed by atoms with Crippen molar-refractivity contribution < 1.29 is 24.5 Å². The van der Waals surface area contributed by atoms with Crippen LogP contribution >= 0.6 is 0 Å². The third kappa shape index (κ3) is 2.54. The van der Waals surface area contributed by atoms with E-state index in [1.54, 1.807) is 0 Å². The zero-order valence-corrected chi connectivity index (χ0v) is 8.30. The fourth-order valence-electron chi connectivity index (χ4n) is 1.31. The van der Waals surface area contributed by atoms with Gasteiger partial charge in [-0.05, 0) is 23.8 Å². The van der Waals surface area contributed by atoms with Crippen molar-refractivity contribution in [3.8, 4) is 0 Å². The van der Waals surface area contributed by atoms with Gasteiger partial charge in [-0.2, -0.15) is 0 Å². The second-order valence-corrected chi connectivity index (χ2v) is 3.29. The van der Waals surface area contributed by atoms with Crippen molar-refractivity contribution in [3.05, 3.63) is 35.1 Å². The Hall–Kier alpha value is -1.50. The summed E-state index contributed by atoms with van der Waals surface area (Å²) in [5.74, 6) is -1.52. The van der Waals surface area contributed by atoms with Crippen LogP contribution in [0.5, 0.6) is 0 Å². The minimum Gasteiger partial charge on any atom is -0.394 e. The molecule has 0 saturated carbocycles. The van der Waals surface area contributed by atoms with Gasteiger partial charge in [-0.3, -0.25) is 4.79 Å². The molecule has 5 nitrogen and oxygen atoms in total.